The van der Waals surface area contributed by atoms with Crippen LogP contribution in [-0.4, -0.2) is 60.5 Å². The Morgan fingerprint density at radius 1 is 1.24 bits per heavy atom. The molecule has 222 valence electrons. The zero-order valence-electron chi connectivity index (χ0n) is 23.4. The number of nitrogens with one attached hydrogen (secondary N) is 2. The molecule has 2 unspecified atom stereocenters. The Balaban J connectivity index is 0.000000196. The van der Waals surface area contributed by atoms with Gasteiger partial charge in [0.15, 0.2) is 5.65 Å². The first kappa shape index (κ1) is 31.5. The SMILES string of the molecule is CC.CCCl.Cc1cc(Cn2c(=O)c3[nH]cnc3n(C)c2=O)no1.O=CNc1cccc(N2CC3C(C2)C3(F)F)n1. The van der Waals surface area contributed by atoms with Crippen LogP contribution in [0.15, 0.2) is 44.7 Å². The number of pyridine rings is 1. The number of rotatable bonds is 5. The van der Waals surface area contributed by atoms with E-state index in [0.717, 1.165) is 10.4 Å². The summed E-state index contributed by atoms with van der Waals surface area (Å²) in [5.74, 6) is -1.10. The Labute approximate surface area is 239 Å². The first-order chi connectivity index (χ1) is 19.6. The Bertz CT molecular complexity index is 1570. The molecule has 0 spiro atoms. The fourth-order valence-corrected chi connectivity index (χ4v) is 4.42. The lowest BCUT2D eigenvalue weighted by Crippen LogP contribution is -2.39. The third kappa shape index (κ3) is 6.81. The fourth-order valence-electron chi connectivity index (χ4n) is 4.42. The van der Waals surface area contributed by atoms with E-state index in [1.54, 1.807) is 38.2 Å². The molecule has 12 nitrogen and oxygen atoms in total. The van der Waals surface area contributed by atoms with Gasteiger partial charge in [0.2, 0.25) is 6.41 Å². The van der Waals surface area contributed by atoms with E-state index in [1.165, 1.54) is 10.9 Å². The van der Waals surface area contributed by atoms with Gasteiger partial charge in [-0.15, -0.1) is 11.6 Å². The number of anilines is 2. The molecule has 1 aliphatic carbocycles. The predicted octanol–water partition coefficient (Wildman–Crippen LogP) is 3.39. The Morgan fingerprint density at radius 2 is 1.90 bits per heavy atom. The van der Waals surface area contributed by atoms with Crippen LogP contribution in [0.1, 0.15) is 32.2 Å². The molecule has 1 aliphatic heterocycles. The molecule has 2 N–H and O–H groups in total. The maximum Gasteiger partial charge on any atom is 0.332 e. The Kier molecular flexibility index (Phi) is 10.4. The van der Waals surface area contributed by atoms with Crippen LogP contribution in [0.2, 0.25) is 0 Å². The number of fused-ring (bicyclic) bond motifs is 2. The lowest BCUT2D eigenvalue weighted by atomic mass is 10.3. The number of H-pyrrole nitrogens is 1. The molecule has 6 rings (SSSR count). The molecule has 2 fully saturated rings. The summed E-state index contributed by atoms with van der Waals surface area (Å²) in [6.45, 7) is 8.39. The number of nitrogens with zero attached hydrogens (tertiary/aromatic N) is 6. The van der Waals surface area contributed by atoms with E-state index in [2.05, 4.69) is 25.4 Å². The van der Waals surface area contributed by atoms with Crippen molar-refractivity contribution in [2.45, 2.75) is 40.2 Å². The van der Waals surface area contributed by atoms with E-state index >= 15 is 0 Å². The van der Waals surface area contributed by atoms with Gasteiger partial charge in [0.05, 0.1) is 24.7 Å². The number of halogens is 3. The molecule has 1 saturated heterocycles. The maximum absolute atomic E-state index is 13.0. The number of aryl methyl sites for hydroxylation is 2. The minimum atomic E-state index is -2.48. The zero-order valence-corrected chi connectivity index (χ0v) is 24.2. The van der Waals surface area contributed by atoms with Crippen molar-refractivity contribution in [1.82, 2.24) is 29.2 Å². The van der Waals surface area contributed by atoms with Crippen molar-refractivity contribution in [2.75, 3.05) is 29.2 Å². The van der Waals surface area contributed by atoms with Crippen LogP contribution in [0, 0.1) is 18.8 Å². The summed E-state index contributed by atoms with van der Waals surface area (Å²) in [6.07, 6.45) is 1.93. The number of piperidine rings is 1. The zero-order chi connectivity index (χ0) is 30.3. The first-order valence-electron chi connectivity index (χ1n) is 13.0. The summed E-state index contributed by atoms with van der Waals surface area (Å²) >= 11 is 5.00. The molecule has 15 heteroatoms. The van der Waals surface area contributed by atoms with Gasteiger partial charge >= 0.3 is 5.69 Å². The lowest BCUT2D eigenvalue weighted by molar-refractivity contribution is -0.105. The van der Waals surface area contributed by atoms with Gasteiger partial charge in [0, 0.05) is 32.1 Å². The third-order valence-electron chi connectivity index (χ3n) is 6.38. The van der Waals surface area contributed by atoms with Crippen molar-refractivity contribution in [3.8, 4) is 0 Å². The topological polar surface area (TPSA) is 144 Å². The highest BCUT2D eigenvalue weighted by atomic mass is 35.5. The number of alkyl halides is 3. The van der Waals surface area contributed by atoms with E-state index < -0.39 is 29.0 Å². The van der Waals surface area contributed by atoms with Crippen molar-refractivity contribution in [3.63, 3.8) is 0 Å². The van der Waals surface area contributed by atoms with Crippen molar-refractivity contribution in [1.29, 1.82) is 0 Å². The van der Waals surface area contributed by atoms with Crippen molar-refractivity contribution < 1.29 is 18.1 Å². The van der Waals surface area contributed by atoms with Crippen LogP contribution in [-0.2, 0) is 18.4 Å². The van der Waals surface area contributed by atoms with Crippen LogP contribution >= 0.6 is 11.6 Å². The van der Waals surface area contributed by atoms with Gasteiger partial charge in [-0.1, -0.05) is 32.0 Å². The second-order valence-corrected chi connectivity index (χ2v) is 9.50. The fraction of sp³-hybridized carbons (Fsp3) is 0.462. The number of amides is 1. The van der Waals surface area contributed by atoms with Crippen LogP contribution in [0.25, 0.3) is 11.2 Å². The molecule has 4 aromatic rings. The molecular formula is C26H33ClF2N8O4. The summed E-state index contributed by atoms with van der Waals surface area (Å²) in [6, 6.07) is 6.85. The Morgan fingerprint density at radius 3 is 2.49 bits per heavy atom. The lowest BCUT2D eigenvalue weighted by Gasteiger charge is -2.21. The average molecular weight is 595 g/mol. The molecule has 1 amide bonds. The molecule has 4 aromatic heterocycles. The summed E-state index contributed by atoms with van der Waals surface area (Å²) < 4.78 is 33.4. The number of imidazole rings is 1. The minimum absolute atomic E-state index is 0.0673. The van der Waals surface area contributed by atoms with Gasteiger partial charge in [0.25, 0.3) is 11.5 Å². The molecule has 1 saturated carbocycles. The van der Waals surface area contributed by atoms with Crippen molar-refractivity contribution in [3.05, 3.63) is 62.9 Å². The third-order valence-corrected chi connectivity index (χ3v) is 6.38. The van der Waals surface area contributed by atoms with Gasteiger partial charge < -0.3 is 19.7 Å². The maximum atomic E-state index is 13.0. The molecule has 0 aromatic carbocycles. The predicted molar refractivity (Wildman–Crippen MR) is 152 cm³/mol. The summed E-state index contributed by atoms with van der Waals surface area (Å²) in [7, 11) is 1.56. The van der Waals surface area contributed by atoms with Gasteiger partial charge in [-0.05, 0) is 19.1 Å². The van der Waals surface area contributed by atoms with Gasteiger partial charge in [-0.3, -0.25) is 18.7 Å². The molecule has 0 radical (unpaired) electrons. The average Bonchev–Trinajstić information content (AvgIpc) is 3.55. The Hall–Kier alpha value is -4.07. The standard InChI is InChI=1S/C11H11F2N3O.C11H11N5O3.C2H5Cl.C2H6/c12-11(13)7-4-16(5-8(7)11)10-3-1-2-9(15-10)14-6-17;1-6-3-7(14-19-6)4-16-10(17)8-9(13-5-12-8)15(2)11(16)18;1-2-3;1-2/h1-3,6-8H,4-5H2,(H,14,15,17);3,5H,4H2,1-2H3,(H,12,13);2H2,1H3;1-2H3. The van der Waals surface area contributed by atoms with Gasteiger partial charge in [-0.25, -0.2) is 23.5 Å². The smallest absolute Gasteiger partial charge is 0.332 e. The monoisotopic (exact) mass is 594 g/mol. The molecule has 5 heterocycles. The molecule has 2 aliphatic rings. The van der Waals surface area contributed by atoms with E-state index in [9.17, 15) is 23.2 Å². The first-order valence-corrected chi connectivity index (χ1v) is 13.6. The molecular weight excluding hydrogens is 562 g/mol. The highest BCUT2D eigenvalue weighted by molar-refractivity contribution is 6.17. The van der Waals surface area contributed by atoms with Crippen molar-refractivity contribution >= 4 is 40.8 Å². The highest BCUT2D eigenvalue weighted by Gasteiger charge is 2.71. The van der Waals surface area contributed by atoms with Crippen LogP contribution in [0.4, 0.5) is 20.4 Å². The highest BCUT2D eigenvalue weighted by Crippen LogP contribution is 2.59. The van der Waals surface area contributed by atoms with Crippen molar-refractivity contribution in [2.24, 2.45) is 18.9 Å². The molecule has 2 atom stereocenters. The van der Waals surface area contributed by atoms with Crippen LogP contribution in [0.5, 0.6) is 0 Å². The van der Waals surface area contributed by atoms with Crippen LogP contribution < -0.4 is 21.5 Å². The molecule has 41 heavy (non-hydrogen) atoms. The van der Waals surface area contributed by atoms with E-state index in [-0.39, 0.29) is 6.54 Å². The number of carbonyl (C=O) groups is 1. The van der Waals surface area contributed by atoms with Gasteiger partial charge in [0.1, 0.15) is 28.6 Å². The second-order valence-electron chi connectivity index (χ2n) is 8.97. The minimum Gasteiger partial charge on any atom is -0.361 e. The number of hydrogen-bond donors (Lipinski definition) is 2. The number of aromatic amines is 1. The summed E-state index contributed by atoms with van der Waals surface area (Å²) in [5, 5.41) is 6.23. The van der Waals surface area contributed by atoms with Crippen LogP contribution in [0.3, 0.4) is 0 Å². The summed E-state index contributed by atoms with van der Waals surface area (Å²) in [5.41, 5.74) is 0.293. The number of hydrogen-bond acceptors (Lipinski definition) is 8. The second kappa shape index (κ2) is 13.5. The van der Waals surface area contributed by atoms with E-state index in [0.29, 0.717) is 53.8 Å². The largest absolute Gasteiger partial charge is 0.361 e. The van der Waals surface area contributed by atoms with E-state index in [1.807, 2.05) is 25.7 Å². The number of carbonyl (C=O) groups excluding carboxylic acids is 1. The van der Waals surface area contributed by atoms with Gasteiger partial charge in [-0.2, -0.15) is 0 Å². The number of aromatic nitrogens is 6. The summed E-state index contributed by atoms with van der Waals surface area (Å²) in [4.78, 5) is 47.3. The quantitative estimate of drug-likeness (QED) is 0.264. The molecule has 0 bridgehead atoms. The normalized spacial score (nSPS) is 17.7. The van der Waals surface area contributed by atoms with E-state index in [4.69, 9.17) is 16.1 Å².